The maximum absolute atomic E-state index is 12.5. The molecular weight excluding hydrogens is 263 g/mol. The Kier molecular flexibility index (Phi) is 3.25. The van der Waals surface area contributed by atoms with Crippen molar-refractivity contribution in [3.63, 3.8) is 0 Å². The molecule has 1 heterocycles. The summed E-state index contributed by atoms with van der Waals surface area (Å²) in [6.07, 6.45) is -4.34. The van der Waals surface area contributed by atoms with Crippen LogP contribution in [0.2, 0.25) is 0 Å². The van der Waals surface area contributed by atoms with Gasteiger partial charge >= 0.3 is 6.18 Å². The summed E-state index contributed by atoms with van der Waals surface area (Å²) in [6.45, 7) is 3.62. The van der Waals surface area contributed by atoms with Crippen molar-refractivity contribution >= 4 is 32.4 Å². The highest BCUT2D eigenvalue weighted by Crippen LogP contribution is 2.33. The molecule has 0 aliphatic rings. The highest BCUT2D eigenvalue weighted by molar-refractivity contribution is 7.22. The Morgan fingerprint density at radius 2 is 2.06 bits per heavy atom. The van der Waals surface area contributed by atoms with E-state index in [2.05, 4.69) is 15.5 Å². The third-order valence-electron chi connectivity index (χ3n) is 2.09. The number of nitrogens with one attached hydrogen (secondary N) is 1. The lowest BCUT2D eigenvalue weighted by molar-refractivity contribution is -0.137. The summed E-state index contributed by atoms with van der Waals surface area (Å²) in [7, 11) is 0. The van der Waals surface area contributed by atoms with Gasteiger partial charge in [0, 0.05) is 5.71 Å². The normalized spacial score (nSPS) is 11.6. The van der Waals surface area contributed by atoms with Gasteiger partial charge in [0.15, 0.2) is 0 Å². The van der Waals surface area contributed by atoms with E-state index in [1.54, 1.807) is 0 Å². The topological polar surface area (TPSA) is 37.3 Å². The van der Waals surface area contributed by atoms with E-state index in [0.717, 1.165) is 17.8 Å². The monoisotopic (exact) mass is 273 g/mol. The van der Waals surface area contributed by atoms with Crippen molar-refractivity contribution in [3.8, 4) is 0 Å². The highest BCUT2D eigenvalue weighted by atomic mass is 32.1. The third-order valence-corrected chi connectivity index (χ3v) is 3.03. The lowest BCUT2D eigenvalue weighted by Gasteiger charge is -2.04. The summed E-state index contributed by atoms with van der Waals surface area (Å²) < 4.78 is 38.2. The Bertz CT molecular complexity index is 597. The SMILES string of the molecule is CC(C)=NNc1nc2cc(C(F)(F)F)ccc2s1. The van der Waals surface area contributed by atoms with Gasteiger partial charge in [-0.25, -0.2) is 4.98 Å². The lowest BCUT2D eigenvalue weighted by atomic mass is 10.2. The maximum atomic E-state index is 12.5. The molecule has 0 spiro atoms. The van der Waals surface area contributed by atoms with E-state index in [4.69, 9.17) is 0 Å². The summed E-state index contributed by atoms with van der Waals surface area (Å²) in [5.41, 5.74) is 3.14. The Labute approximate surface area is 105 Å². The van der Waals surface area contributed by atoms with Crippen molar-refractivity contribution in [3.05, 3.63) is 23.8 Å². The predicted molar refractivity (Wildman–Crippen MR) is 67.0 cm³/mol. The molecule has 0 fully saturated rings. The highest BCUT2D eigenvalue weighted by Gasteiger charge is 2.30. The van der Waals surface area contributed by atoms with Crippen LogP contribution < -0.4 is 5.43 Å². The minimum Gasteiger partial charge on any atom is -0.253 e. The molecule has 2 aromatic rings. The Balaban J connectivity index is 2.37. The van der Waals surface area contributed by atoms with Crippen LogP contribution in [0.3, 0.4) is 0 Å². The second-order valence-electron chi connectivity index (χ2n) is 3.87. The molecule has 0 atom stereocenters. The molecule has 0 saturated carbocycles. The second kappa shape index (κ2) is 4.56. The van der Waals surface area contributed by atoms with Gasteiger partial charge < -0.3 is 0 Å². The van der Waals surface area contributed by atoms with Crippen molar-refractivity contribution in [1.82, 2.24) is 4.98 Å². The number of hydrazone groups is 1. The predicted octanol–water partition coefficient (Wildman–Crippen LogP) is 4.12. The Morgan fingerprint density at radius 3 is 2.67 bits per heavy atom. The molecule has 0 saturated heterocycles. The molecule has 0 bridgehead atoms. The number of aromatic nitrogens is 1. The smallest absolute Gasteiger partial charge is 0.253 e. The first-order chi connectivity index (χ1) is 8.36. The van der Waals surface area contributed by atoms with Crippen LogP contribution in [0.5, 0.6) is 0 Å². The van der Waals surface area contributed by atoms with Crippen LogP contribution in [-0.4, -0.2) is 10.7 Å². The molecule has 0 aliphatic carbocycles. The van der Waals surface area contributed by atoms with Crippen molar-refractivity contribution < 1.29 is 13.2 Å². The fourth-order valence-electron chi connectivity index (χ4n) is 1.31. The molecule has 0 radical (unpaired) electrons. The number of nitrogens with zero attached hydrogens (tertiary/aromatic N) is 2. The molecule has 0 amide bonds. The summed E-state index contributed by atoms with van der Waals surface area (Å²) in [4.78, 5) is 4.06. The third kappa shape index (κ3) is 2.79. The van der Waals surface area contributed by atoms with E-state index < -0.39 is 11.7 Å². The number of hydrogen-bond donors (Lipinski definition) is 1. The standard InChI is InChI=1S/C11H10F3N3S/c1-6(2)16-17-10-15-8-5-7(11(12,13)14)3-4-9(8)18-10/h3-5H,1-2H3,(H,15,17). The Morgan fingerprint density at radius 1 is 1.33 bits per heavy atom. The summed E-state index contributed by atoms with van der Waals surface area (Å²) in [6, 6.07) is 3.52. The maximum Gasteiger partial charge on any atom is 0.416 e. The molecule has 18 heavy (non-hydrogen) atoms. The van der Waals surface area contributed by atoms with Crippen molar-refractivity contribution in [2.45, 2.75) is 20.0 Å². The zero-order valence-corrected chi connectivity index (χ0v) is 10.5. The number of alkyl halides is 3. The van der Waals surface area contributed by atoms with Crippen LogP contribution in [0.25, 0.3) is 10.2 Å². The first-order valence-electron chi connectivity index (χ1n) is 5.11. The number of hydrogen-bond acceptors (Lipinski definition) is 4. The van der Waals surface area contributed by atoms with E-state index in [0.29, 0.717) is 15.3 Å². The number of rotatable bonds is 2. The van der Waals surface area contributed by atoms with Crippen molar-refractivity contribution in [2.75, 3.05) is 5.43 Å². The number of thiazole rings is 1. The fourth-order valence-corrected chi connectivity index (χ4v) is 2.10. The number of fused-ring (bicyclic) bond motifs is 1. The molecule has 0 unspecified atom stereocenters. The molecule has 2 rings (SSSR count). The van der Waals surface area contributed by atoms with Gasteiger partial charge in [-0.2, -0.15) is 18.3 Å². The average Bonchev–Trinajstić information content (AvgIpc) is 2.66. The molecule has 3 nitrogen and oxygen atoms in total. The van der Waals surface area contributed by atoms with Crippen LogP contribution in [0, 0.1) is 0 Å². The fraction of sp³-hybridized carbons (Fsp3) is 0.273. The van der Waals surface area contributed by atoms with Gasteiger partial charge in [-0.1, -0.05) is 11.3 Å². The minimum atomic E-state index is -4.34. The molecule has 96 valence electrons. The number of halogens is 3. The first-order valence-corrected chi connectivity index (χ1v) is 5.92. The van der Waals surface area contributed by atoms with E-state index in [1.807, 2.05) is 13.8 Å². The van der Waals surface area contributed by atoms with Crippen LogP contribution in [0.1, 0.15) is 19.4 Å². The zero-order valence-electron chi connectivity index (χ0n) is 9.67. The van der Waals surface area contributed by atoms with Gasteiger partial charge in [0.1, 0.15) is 0 Å². The van der Waals surface area contributed by atoms with Gasteiger partial charge in [-0.3, -0.25) is 5.43 Å². The van der Waals surface area contributed by atoms with Crippen LogP contribution in [0.4, 0.5) is 18.3 Å². The number of anilines is 1. The van der Waals surface area contributed by atoms with E-state index in [-0.39, 0.29) is 0 Å². The molecular formula is C11H10F3N3S. The molecule has 1 aromatic heterocycles. The summed E-state index contributed by atoms with van der Waals surface area (Å²) >= 11 is 1.26. The van der Waals surface area contributed by atoms with E-state index in [9.17, 15) is 13.2 Å². The summed E-state index contributed by atoms with van der Waals surface area (Å²) in [5.74, 6) is 0. The van der Waals surface area contributed by atoms with Gasteiger partial charge in [-0.15, -0.1) is 0 Å². The van der Waals surface area contributed by atoms with Crippen LogP contribution in [-0.2, 0) is 6.18 Å². The van der Waals surface area contributed by atoms with Crippen LogP contribution >= 0.6 is 11.3 Å². The van der Waals surface area contributed by atoms with Gasteiger partial charge in [0.25, 0.3) is 0 Å². The Hall–Kier alpha value is -1.63. The molecule has 1 N–H and O–H groups in total. The quantitative estimate of drug-likeness (QED) is 0.660. The van der Waals surface area contributed by atoms with Gasteiger partial charge in [-0.05, 0) is 32.0 Å². The minimum absolute atomic E-state index is 0.321. The molecule has 1 aromatic carbocycles. The van der Waals surface area contributed by atoms with Crippen molar-refractivity contribution in [2.24, 2.45) is 5.10 Å². The largest absolute Gasteiger partial charge is 0.416 e. The lowest BCUT2D eigenvalue weighted by Crippen LogP contribution is -2.03. The molecule has 7 heteroatoms. The van der Waals surface area contributed by atoms with Crippen molar-refractivity contribution in [1.29, 1.82) is 0 Å². The van der Waals surface area contributed by atoms with Gasteiger partial charge in [0.2, 0.25) is 5.13 Å². The zero-order chi connectivity index (χ0) is 13.3. The second-order valence-corrected chi connectivity index (χ2v) is 4.90. The van der Waals surface area contributed by atoms with Crippen LogP contribution in [0.15, 0.2) is 23.3 Å². The molecule has 0 aliphatic heterocycles. The first kappa shape index (κ1) is 12.8. The van der Waals surface area contributed by atoms with Gasteiger partial charge in [0.05, 0.1) is 15.8 Å². The average molecular weight is 273 g/mol. The number of benzene rings is 1. The summed E-state index contributed by atoms with van der Waals surface area (Å²) in [5, 5.41) is 4.43. The van der Waals surface area contributed by atoms with E-state index in [1.165, 1.54) is 17.4 Å². The van der Waals surface area contributed by atoms with E-state index >= 15 is 0 Å².